The lowest BCUT2D eigenvalue weighted by Crippen LogP contribution is -2.51. The second kappa shape index (κ2) is 6.72. The fourth-order valence-electron chi connectivity index (χ4n) is 2.24. The molecule has 1 heterocycles. The number of hydrogen-bond acceptors (Lipinski definition) is 4. The van der Waals surface area contributed by atoms with Crippen LogP contribution in [0.3, 0.4) is 0 Å². The minimum absolute atomic E-state index is 0.351. The van der Waals surface area contributed by atoms with Crippen molar-refractivity contribution in [3.8, 4) is 0 Å². The van der Waals surface area contributed by atoms with Crippen LogP contribution in [0.25, 0.3) is 0 Å². The monoisotopic (exact) mass is 352 g/mol. The number of halogens is 2. The van der Waals surface area contributed by atoms with Gasteiger partial charge >= 0.3 is 0 Å². The number of benzene rings is 1. The van der Waals surface area contributed by atoms with Crippen LogP contribution in [-0.2, 0) is 4.79 Å². The average molecular weight is 353 g/mol. The minimum atomic E-state index is -1.15. The van der Waals surface area contributed by atoms with E-state index in [1.54, 1.807) is 25.1 Å². The summed E-state index contributed by atoms with van der Waals surface area (Å²) in [6.45, 7) is 5.42. The van der Waals surface area contributed by atoms with Crippen molar-refractivity contribution in [3.63, 3.8) is 0 Å². The molecule has 5 nitrogen and oxygen atoms in total. The molecule has 122 valence electrons. The van der Waals surface area contributed by atoms with Crippen molar-refractivity contribution in [1.82, 2.24) is 5.32 Å². The maximum absolute atomic E-state index is 12.7. The van der Waals surface area contributed by atoms with E-state index in [1.165, 1.54) is 0 Å². The molecule has 2 unspecified atom stereocenters. The minimum Gasteiger partial charge on any atom is -0.366 e. The van der Waals surface area contributed by atoms with E-state index in [-0.39, 0.29) is 5.91 Å². The highest BCUT2D eigenvalue weighted by Gasteiger charge is 2.41. The number of nitrogens with zero attached hydrogens (tertiary/aromatic N) is 1. The first kappa shape index (κ1) is 17.5. The van der Waals surface area contributed by atoms with Gasteiger partial charge in [-0.1, -0.05) is 23.2 Å². The molecule has 0 fully saturated rings. The fraction of sp³-hybridized carbons (Fsp3) is 0.312. The number of allylic oxidation sites excluding steroid dienone is 2. The summed E-state index contributed by atoms with van der Waals surface area (Å²) in [5.41, 5.74) is 1.07. The largest absolute Gasteiger partial charge is 0.366 e. The number of nitrogens with one attached hydrogen (secondary N) is 3. The van der Waals surface area contributed by atoms with Crippen molar-refractivity contribution in [2.45, 2.75) is 26.9 Å². The van der Waals surface area contributed by atoms with Crippen molar-refractivity contribution in [2.24, 2.45) is 10.4 Å². The molecule has 1 aliphatic heterocycles. The molecular formula is C16H18Cl2N4O. The summed E-state index contributed by atoms with van der Waals surface area (Å²) < 4.78 is 0. The molecule has 0 saturated heterocycles. The van der Waals surface area contributed by atoms with Crippen LogP contribution in [0.2, 0.25) is 10.0 Å². The van der Waals surface area contributed by atoms with Crippen LogP contribution in [0.1, 0.15) is 20.8 Å². The molecule has 2 atom stereocenters. The Labute approximate surface area is 145 Å². The van der Waals surface area contributed by atoms with Gasteiger partial charge in [0.15, 0.2) is 0 Å². The van der Waals surface area contributed by atoms with E-state index in [2.05, 4.69) is 15.6 Å². The molecule has 1 aliphatic rings. The van der Waals surface area contributed by atoms with Crippen LogP contribution in [0, 0.1) is 10.8 Å². The molecular weight excluding hydrogens is 335 g/mol. The first-order valence-electron chi connectivity index (χ1n) is 7.03. The summed E-state index contributed by atoms with van der Waals surface area (Å²) >= 11 is 11.8. The summed E-state index contributed by atoms with van der Waals surface area (Å²) in [5.74, 6) is -0.352. The number of carbonyl (C=O) groups is 1. The van der Waals surface area contributed by atoms with Gasteiger partial charge in [0, 0.05) is 23.3 Å². The fourth-order valence-corrected chi connectivity index (χ4v) is 2.53. The topological polar surface area (TPSA) is 77.3 Å². The van der Waals surface area contributed by atoms with Gasteiger partial charge in [-0.15, -0.1) is 0 Å². The van der Waals surface area contributed by atoms with Gasteiger partial charge in [-0.2, -0.15) is 0 Å². The van der Waals surface area contributed by atoms with Crippen LogP contribution >= 0.6 is 23.2 Å². The lowest BCUT2D eigenvalue weighted by Gasteiger charge is -2.33. The van der Waals surface area contributed by atoms with Gasteiger partial charge in [-0.3, -0.25) is 9.79 Å². The Hall–Kier alpha value is -1.85. The molecule has 1 amide bonds. The Balaban J connectivity index is 2.25. The molecule has 0 spiro atoms. The summed E-state index contributed by atoms with van der Waals surface area (Å²) in [7, 11) is 0. The molecule has 0 bridgehead atoms. The highest BCUT2D eigenvalue weighted by atomic mass is 35.5. The van der Waals surface area contributed by atoms with Crippen molar-refractivity contribution in [3.05, 3.63) is 40.0 Å². The third kappa shape index (κ3) is 3.74. The zero-order valence-electron chi connectivity index (χ0n) is 13.1. The summed E-state index contributed by atoms with van der Waals surface area (Å²) in [6.07, 6.45) is 2.44. The standard InChI is InChI=1S/C16H18Cl2N4O/c1-9-6-10(2)21-14(20-9)16(3,8-19)15(23)22-11-4-5-12(17)13(18)7-11/h4-8,14,19-20H,1-3H3,(H,22,23). The highest BCUT2D eigenvalue weighted by Crippen LogP contribution is 2.28. The number of anilines is 1. The molecule has 0 radical (unpaired) electrons. The average Bonchev–Trinajstić information content (AvgIpc) is 2.49. The summed E-state index contributed by atoms with van der Waals surface area (Å²) in [5, 5.41) is 14.4. The maximum Gasteiger partial charge on any atom is 0.239 e. The number of amides is 1. The van der Waals surface area contributed by atoms with Gasteiger partial charge in [0.25, 0.3) is 0 Å². The van der Waals surface area contributed by atoms with Crippen LogP contribution < -0.4 is 10.6 Å². The molecule has 1 aromatic carbocycles. The molecule has 3 N–H and O–H groups in total. The van der Waals surface area contributed by atoms with E-state index in [4.69, 9.17) is 28.6 Å². The Kier molecular flexibility index (Phi) is 5.12. The number of carbonyl (C=O) groups excluding carboxylic acids is 1. The highest BCUT2D eigenvalue weighted by molar-refractivity contribution is 6.42. The lowest BCUT2D eigenvalue weighted by molar-refractivity contribution is -0.122. The first-order chi connectivity index (χ1) is 10.8. The van der Waals surface area contributed by atoms with Gasteiger partial charge in [0.05, 0.1) is 10.0 Å². The molecule has 7 heteroatoms. The van der Waals surface area contributed by atoms with E-state index >= 15 is 0 Å². The normalized spacial score (nSPS) is 19.8. The molecule has 23 heavy (non-hydrogen) atoms. The van der Waals surface area contributed by atoms with Gasteiger partial charge in [-0.05, 0) is 45.0 Å². The van der Waals surface area contributed by atoms with Crippen LogP contribution in [0.4, 0.5) is 5.69 Å². The third-order valence-electron chi connectivity index (χ3n) is 3.66. The second-order valence-corrected chi connectivity index (χ2v) is 6.47. The van der Waals surface area contributed by atoms with Gasteiger partial charge in [-0.25, -0.2) is 0 Å². The molecule has 2 rings (SSSR count). The summed E-state index contributed by atoms with van der Waals surface area (Å²) in [6, 6.07) is 4.83. The lowest BCUT2D eigenvalue weighted by atomic mass is 9.86. The molecule has 0 aromatic heterocycles. The first-order valence-corrected chi connectivity index (χ1v) is 7.79. The number of rotatable bonds is 4. The van der Waals surface area contributed by atoms with Gasteiger partial charge < -0.3 is 16.0 Å². The van der Waals surface area contributed by atoms with Gasteiger partial charge in [0.2, 0.25) is 5.91 Å². The van der Waals surface area contributed by atoms with Gasteiger partial charge in [0.1, 0.15) is 11.6 Å². The van der Waals surface area contributed by atoms with E-state index in [1.807, 2.05) is 19.9 Å². The number of aliphatic imine (C=N–C) groups is 1. The smallest absolute Gasteiger partial charge is 0.239 e. The molecule has 0 aliphatic carbocycles. The third-order valence-corrected chi connectivity index (χ3v) is 4.40. The quantitative estimate of drug-likeness (QED) is 0.719. The van der Waals surface area contributed by atoms with E-state index < -0.39 is 11.6 Å². The second-order valence-electron chi connectivity index (χ2n) is 5.65. The van der Waals surface area contributed by atoms with Crippen molar-refractivity contribution >= 4 is 46.7 Å². The van der Waals surface area contributed by atoms with Crippen molar-refractivity contribution in [2.75, 3.05) is 5.32 Å². The van der Waals surface area contributed by atoms with E-state index in [9.17, 15) is 4.79 Å². The SMILES string of the molecule is CC1=CC(C)=NC(C(C)(C=N)C(=O)Nc2ccc(Cl)c(Cl)c2)N1. The predicted octanol–water partition coefficient (Wildman–Crippen LogP) is 3.88. The predicted molar refractivity (Wildman–Crippen MR) is 95.8 cm³/mol. The number of hydrogen-bond donors (Lipinski definition) is 3. The molecule has 1 aromatic rings. The van der Waals surface area contributed by atoms with Crippen LogP contribution in [0.5, 0.6) is 0 Å². The Bertz CT molecular complexity index is 714. The van der Waals surface area contributed by atoms with Crippen LogP contribution in [-0.4, -0.2) is 24.0 Å². The van der Waals surface area contributed by atoms with E-state index in [0.29, 0.717) is 15.7 Å². The van der Waals surface area contributed by atoms with E-state index in [0.717, 1.165) is 17.6 Å². The Morgan fingerprint density at radius 2 is 2.09 bits per heavy atom. The van der Waals surface area contributed by atoms with Crippen molar-refractivity contribution < 1.29 is 4.79 Å². The Morgan fingerprint density at radius 1 is 1.39 bits per heavy atom. The zero-order valence-corrected chi connectivity index (χ0v) is 14.6. The Morgan fingerprint density at radius 3 is 2.65 bits per heavy atom. The zero-order chi connectivity index (χ0) is 17.2. The van der Waals surface area contributed by atoms with Crippen LogP contribution in [0.15, 0.2) is 35.0 Å². The van der Waals surface area contributed by atoms with Crippen molar-refractivity contribution in [1.29, 1.82) is 5.41 Å². The summed E-state index contributed by atoms with van der Waals surface area (Å²) in [4.78, 5) is 17.1. The maximum atomic E-state index is 12.7. The molecule has 0 saturated carbocycles.